The van der Waals surface area contributed by atoms with E-state index in [-0.39, 0.29) is 18.0 Å². The van der Waals surface area contributed by atoms with Crippen LogP contribution in [0.2, 0.25) is 0 Å². The summed E-state index contributed by atoms with van der Waals surface area (Å²) in [6.07, 6.45) is 0. The summed E-state index contributed by atoms with van der Waals surface area (Å²) < 4.78 is 10.9. The summed E-state index contributed by atoms with van der Waals surface area (Å²) in [6, 6.07) is 6.41. The van der Waals surface area contributed by atoms with E-state index in [0.29, 0.717) is 38.2 Å². The molecule has 10 nitrogen and oxygen atoms in total. The zero-order valence-corrected chi connectivity index (χ0v) is 16.1. The van der Waals surface area contributed by atoms with Crippen LogP contribution in [-0.2, 0) is 16.0 Å². The van der Waals surface area contributed by atoms with Crippen molar-refractivity contribution in [2.24, 2.45) is 10.2 Å². The van der Waals surface area contributed by atoms with Crippen molar-refractivity contribution in [1.29, 1.82) is 0 Å². The quantitative estimate of drug-likeness (QED) is 0.577. The fourth-order valence-corrected chi connectivity index (χ4v) is 3.18. The molecule has 0 spiro atoms. The number of hydrogen-bond acceptors (Lipinski definition) is 10. The van der Waals surface area contributed by atoms with Gasteiger partial charge in [0.15, 0.2) is 17.3 Å². The molecule has 0 unspecified atom stereocenters. The van der Waals surface area contributed by atoms with E-state index in [0.717, 1.165) is 37.6 Å². The molecule has 29 heavy (non-hydrogen) atoms. The van der Waals surface area contributed by atoms with Crippen molar-refractivity contribution >= 4 is 17.6 Å². The molecule has 1 aromatic heterocycles. The maximum atomic E-state index is 9.60. The van der Waals surface area contributed by atoms with E-state index in [1.165, 1.54) is 12.1 Å². The van der Waals surface area contributed by atoms with Crippen LogP contribution in [0, 0.1) is 0 Å². The zero-order chi connectivity index (χ0) is 20.1. The lowest BCUT2D eigenvalue weighted by Gasteiger charge is -2.30. The van der Waals surface area contributed by atoms with Gasteiger partial charge in [-0.2, -0.15) is 15.1 Å². The van der Waals surface area contributed by atoms with E-state index in [1.807, 2.05) is 6.07 Å². The van der Waals surface area contributed by atoms with Gasteiger partial charge in [-0.15, -0.1) is 5.11 Å². The molecule has 1 aromatic carbocycles. The minimum atomic E-state index is -0.177. The second kappa shape index (κ2) is 9.01. The summed E-state index contributed by atoms with van der Waals surface area (Å²) in [6.45, 7) is 5.88. The van der Waals surface area contributed by atoms with E-state index in [4.69, 9.17) is 14.5 Å². The maximum Gasteiger partial charge on any atom is 0.229 e. The molecule has 154 valence electrons. The van der Waals surface area contributed by atoms with Gasteiger partial charge in [-0.25, -0.2) is 0 Å². The van der Waals surface area contributed by atoms with Crippen molar-refractivity contribution in [3.05, 3.63) is 29.8 Å². The van der Waals surface area contributed by atoms with Gasteiger partial charge in [-0.3, -0.25) is 0 Å². The standard InChI is InChI=1S/C19H24N6O4/c26-15-2-1-14(11-16(15)27)13-20-23-17-12-18(24-3-7-28-8-4-24)22-19(21-17)25-5-9-29-10-6-25/h1-2,11-12,26-27H,3-10,13H2. The highest BCUT2D eigenvalue weighted by Crippen LogP contribution is 2.26. The molecular weight excluding hydrogens is 376 g/mol. The molecule has 0 bridgehead atoms. The number of morpholine rings is 2. The predicted octanol–water partition coefficient (Wildman–Crippen LogP) is 1.84. The van der Waals surface area contributed by atoms with Crippen LogP contribution < -0.4 is 9.80 Å². The second-order valence-corrected chi connectivity index (χ2v) is 6.81. The number of aromatic hydroxyl groups is 2. The van der Waals surface area contributed by atoms with Gasteiger partial charge in [0.25, 0.3) is 0 Å². The molecule has 2 aliphatic heterocycles. The summed E-state index contributed by atoms with van der Waals surface area (Å²) >= 11 is 0. The average Bonchev–Trinajstić information content (AvgIpc) is 2.77. The number of phenols is 2. The molecule has 2 aromatic rings. The van der Waals surface area contributed by atoms with Crippen LogP contribution in [-0.4, -0.2) is 72.8 Å². The highest BCUT2D eigenvalue weighted by Gasteiger charge is 2.19. The van der Waals surface area contributed by atoms with Gasteiger partial charge < -0.3 is 29.5 Å². The third kappa shape index (κ3) is 4.90. The van der Waals surface area contributed by atoms with Crippen LogP contribution in [0.15, 0.2) is 34.5 Å². The van der Waals surface area contributed by atoms with Gasteiger partial charge in [-0.1, -0.05) is 6.07 Å². The summed E-state index contributed by atoms with van der Waals surface area (Å²) in [5.41, 5.74) is 0.736. The third-order valence-corrected chi connectivity index (χ3v) is 4.78. The zero-order valence-electron chi connectivity index (χ0n) is 16.1. The molecule has 10 heteroatoms. The molecule has 2 aliphatic rings. The van der Waals surface area contributed by atoms with Gasteiger partial charge in [0.1, 0.15) is 5.82 Å². The van der Waals surface area contributed by atoms with Crippen LogP contribution >= 0.6 is 0 Å². The van der Waals surface area contributed by atoms with Gasteiger partial charge in [-0.05, 0) is 17.7 Å². The van der Waals surface area contributed by atoms with Crippen molar-refractivity contribution in [2.45, 2.75) is 6.54 Å². The topological polar surface area (TPSA) is 116 Å². The van der Waals surface area contributed by atoms with Crippen LogP contribution in [0.4, 0.5) is 17.6 Å². The molecule has 0 atom stereocenters. The fourth-order valence-electron chi connectivity index (χ4n) is 3.18. The summed E-state index contributed by atoms with van der Waals surface area (Å²) in [5.74, 6) is 1.57. The number of ether oxygens (including phenoxy) is 2. The number of anilines is 2. The average molecular weight is 400 g/mol. The number of rotatable bonds is 5. The van der Waals surface area contributed by atoms with Crippen molar-refractivity contribution in [2.75, 3.05) is 62.4 Å². The molecule has 0 amide bonds. The highest BCUT2D eigenvalue weighted by molar-refractivity contribution is 5.52. The van der Waals surface area contributed by atoms with E-state index in [9.17, 15) is 10.2 Å². The first-order valence-electron chi connectivity index (χ1n) is 9.62. The summed E-state index contributed by atoms with van der Waals surface area (Å²) in [5, 5.41) is 27.5. The lowest BCUT2D eigenvalue weighted by Crippen LogP contribution is -2.39. The van der Waals surface area contributed by atoms with Crippen LogP contribution in [0.5, 0.6) is 11.5 Å². The first-order valence-corrected chi connectivity index (χ1v) is 9.62. The Kier molecular flexibility index (Phi) is 6.01. The molecule has 2 saturated heterocycles. The number of aromatic nitrogens is 2. The van der Waals surface area contributed by atoms with E-state index >= 15 is 0 Å². The molecule has 2 fully saturated rings. The Hall–Kier alpha value is -2.98. The molecule has 0 saturated carbocycles. The smallest absolute Gasteiger partial charge is 0.229 e. The minimum Gasteiger partial charge on any atom is -0.504 e. The number of nitrogens with zero attached hydrogens (tertiary/aromatic N) is 6. The number of azo groups is 1. The lowest BCUT2D eigenvalue weighted by atomic mass is 10.2. The fraction of sp³-hybridized carbons (Fsp3) is 0.474. The van der Waals surface area contributed by atoms with Crippen molar-refractivity contribution < 1.29 is 19.7 Å². The van der Waals surface area contributed by atoms with Crippen molar-refractivity contribution in [1.82, 2.24) is 9.97 Å². The number of benzene rings is 1. The van der Waals surface area contributed by atoms with Crippen LogP contribution in [0.3, 0.4) is 0 Å². The molecule has 0 radical (unpaired) electrons. The Balaban J connectivity index is 1.55. The van der Waals surface area contributed by atoms with Gasteiger partial charge >= 0.3 is 0 Å². The Labute approximate surface area is 168 Å². The van der Waals surface area contributed by atoms with Crippen molar-refractivity contribution in [3.63, 3.8) is 0 Å². The first kappa shape index (κ1) is 19.3. The Morgan fingerprint density at radius 1 is 0.862 bits per heavy atom. The van der Waals surface area contributed by atoms with Crippen LogP contribution in [0.1, 0.15) is 5.56 Å². The Morgan fingerprint density at radius 2 is 1.55 bits per heavy atom. The Morgan fingerprint density at radius 3 is 2.24 bits per heavy atom. The predicted molar refractivity (Wildman–Crippen MR) is 106 cm³/mol. The van der Waals surface area contributed by atoms with E-state index in [1.54, 1.807) is 6.07 Å². The largest absolute Gasteiger partial charge is 0.504 e. The molecule has 3 heterocycles. The molecular formula is C19H24N6O4. The Bertz CT molecular complexity index is 830. The molecule has 2 N–H and O–H groups in total. The maximum absolute atomic E-state index is 9.60. The number of phenolic OH excluding ortho intramolecular Hbond substituents is 2. The summed E-state index contributed by atoms with van der Waals surface area (Å²) in [4.78, 5) is 13.5. The van der Waals surface area contributed by atoms with Gasteiger partial charge in [0.2, 0.25) is 5.95 Å². The van der Waals surface area contributed by atoms with E-state index in [2.05, 4.69) is 25.0 Å². The first-order chi connectivity index (χ1) is 14.2. The molecule has 4 rings (SSSR count). The third-order valence-electron chi connectivity index (χ3n) is 4.78. The minimum absolute atomic E-state index is 0.160. The molecule has 0 aliphatic carbocycles. The number of hydrogen-bond donors (Lipinski definition) is 2. The van der Waals surface area contributed by atoms with Gasteiger partial charge in [0, 0.05) is 32.2 Å². The van der Waals surface area contributed by atoms with Gasteiger partial charge in [0.05, 0.1) is 33.0 Å². The highest BCUT2D eigenvalue weighted by atomic mass is 16.5. The lowest BCUT2D eigenvalue weighted by molar-refractivity contribution is 0.121. The monoisotopic (exact) mass is 400 g/mol. The van der Waals surface area contributed by atoms with E-state index < -0.39 is 0 Å². The normalized spacial score (nSPS) is 17.8. The summed E-state index contributed by atoms with van der Waals surface area (Å²) in [7, 11) is 0. The second-order valence-electron chi connectivity index (χ2n) is 6.81. The van der Waals surface area contributed by atoms with Crippen LogP contribution in [0.25, 0.3) is 0 Å². The van der Waals surface area contributed by atoms with Crippen molar-refractivity contribution in [3.8, 4) is 11.5 Å². The SMILES string of the molecule is Oc1ccc(CN=Nc2cc(N3CCOCC3)nc(N3CCOCC3)n2)cc1O.